The molecule has 0 amide bonds. The molecule has 21 heavy (non-hydrogen) atoms. The van der Waals surface area contributed by atoms with Crippen molar-refractivity contribution < 1.29 is 4.39 Å². The zero-order chi connectivity index (χ0) is 15.4. The number of nitrogens with two attached hydrogens (primary N) is 1. The Kier molecular flexibility index (Phi) is 3.38. The first-order valence-corrected chi connectivity index (χ1v) is 7.58. The van der Waals surface area contributed by atoms with Crippen molar-refractivity contribution in [3.05, 3.63) is 52.1 Å². The minimum absolute atomic E-state index is 0.0444. The predicted octanol–water partition coefficient (Wildman–Crippen LogP) is 4.55. The van der Waals surface area contributed by atoms with Gasteiger partial charge in [0.05, 0.1) is 10.7 Å². The third-order valence-electron chi connectivity index (χ3n) is 4.29. The molecule has 112 valence electrons. The Morgan fingerprint density at radius 1 is 1.33 bits per heavy atom. The van der Waals surface area contributed by atoms with Crippen LogP contribution in [0.4, 0.5) is 4.39 Å². The van der Waals surface area contributed by atoms with Crippen LogP contribution in [0, 0.1) is 18.2 Å². The Hall–Kier alpha value is -1.32. The predicted molar refractivity (Wildman–Crippen MR) is 84.5 cm³/mol. The first-order chi connectivity index (χ1) is 9.78. The molecule has 0 fully saturated rings. The lowest BCUT2D eigenvalue weighted by Crippen LogP contribution is -2.30. The Morgan fingerprint density at radius 3 is 2.71 bits per heavy atom. The number of benzene rings is 1. The van der Waals surface area contributed by atoms with Crippen molar-refractivity contribution >= 4 is 11.6 Å². The maximum atomic E-state index is 13.3. The Balaban J connectivity index is 2.21. The highest BCUT2D eigenvalue weighted by Crippen LogP contribution is 2.42. The van der Waals surface area contributed by atoms with Crippen LogP contribution in [0.1, 0.15) is 43.3 Å². The molecule has 2 N–H and O–H groups in total. The van der Waals surface area contributed by atoms with Crippen molar-refractivity contribution in [3.8, 4) is 5.69 Å². The molecule has 4 heteroatoms. The van der Waals surface area contributed by atoms with Crippen LogP contribution in [0.5, 0.6) is 0 Å². The molecule has 0 radical (unpaired) electrons. The number of halogens is 2. The zero-order valence-electron chi connectivity index (χ0n) is 12.6. The lowest BCUT2D eigenvalue weighted by molar-refractivity contribution is 0.278. The summed E-state index contributed by atoms with van der Waals surface area (Å²) < 4.78 is 15.4. The van der Waals surface area contributed by atoms with Crippen molar-refractivity contribution in [3.63, 3.8) is 0 Å². The maximum Gasteiger partial charge on any atom is 0.124 e. The van der Waals surface area contributed by atoms with E-state index in [9.17, 15) is 4.39 Å². The molecule has 2 nitrogen and oxygen atoms in total. The summed E-state index contributed by atoms with van der Waals surface area (Å²) in [6.07, 6.45) is 1.91. The number of aryl methyl sites for hydroxylation is 1. The Morgan fingerprint density at radius 2 is 2.05 bits per heavy atom. The Labute approximate surface area is 129 Å². The summed E-state index contributed by atoms with van der Waals surface area (Å²) in [4.78, 5) is 0. The van der Waals surface area contributed by atoms with Crippen molar-refractivity contribution in [1.29, 1.82) is 0 Å². The third kappa shape index (κ3) is 2.49. The molecule has 1 aromatic heterocycles. The molecule has 3 rings (SSSR count). The van der Waals surface area contributed by atoms with Gasteiger partial charge in [0, 0.05) is 17.4 Å². The topological polar surface area (TPSA) is 30.9 Å². The molecule has 0 spiro atoms. The summed E-state index contributed by atoms with van der Waals surface area (Å²) >= 11 is 6.25. The molecule has 0 saturated heterocycles. The van der Waals surface area contributed by atoms with Gasteiger partial charge in [-0.2, -0.15) is 0 Å². The average molecular weight is 307 g/mol. The van der Waals surface area contributed by atoms with Crippen molar-refractivity contribution in [2.45, 2.75) is 39.7 Å². The molecule has 1 heterocycles. The average Bonchev–Trinajstić information content (AvgIpc) is 2.65. The van der Waals surface area contributed by atoms with Gasteiger partial charge in [0.1, 0.15) is 5.82 Å². The van der Waals surface area contributed by atoms with Crippen LogP contribution in [-0.2, 0) is 6.42 Å². The summed E-state index contributed by atoms with van der Waals surface area (Å²) in [5, 5.41) is 0.424. The summed E-state index contributed by atoms with van der Waals surface area (Å²) in [7, 11) is 0. The number of aromatic nitrogens is 1. The van der Waals surface area contributed by atoms with Gasteiger partial charge in [-0.25, -0.2) is 4.39 Å². The van der Waals surface area contributed by atoms with E-state index in [-0.39, 0.29) is 17.3 Å². The van der Waals surface area contributed by atoms with Crippen LogP contribution in [0.15, 0.2) is 24.3 Å². The van der Waals surface area contributed by atoms with E-state index in [0.717, 1.165) is 24.2 Å². The van der Waals surface area contributed by atoms with E-state index in [0.29, 0.717) is 5.02 Å². The fraction of sp³-hybridized carbons (Fsp3) is 0.412. The summed E-state index contributed by atoms with van der Waals surface area (Å²) in [5.41, 5.74) is 10.8. The molecule has 0 bridgehead atoms. The number of hydrogen-bond acceptors (Lipinski definition) is 1. The number of fused-ring (bicyclic) bond motifs is 1. The van der Waals surface area contributed by atoms with E-state index in [2.05, 4.69) is 24.5 Å². The number of hydrogen-bond donors (Lipinski definition) is 1. The van der Waals surface area contributed by atoms with Gasteiger partial charge in [0.25, 0.3) is 0 Å². The second kappa shape index (κ2) is 4.85. The van der Waals surface area contributed by atoms with Crippen LogP contribution in [0.25, 0.3) is 5.69 Å². The van der Waals surface area contributed by atoms with Gasteiger partial charge < -0.3 is 10.3 Å². The van der Waals surface area contributed by atoms with Gasteiger partial charge >= 0.3 is 0 Å². The van der Waals surface area contributed by atoms with Crippen molar-refractivity contribution in [2.75, 3.05) is 0 Å². The summed E-state index contributed by atoms with van der Waals surface area (Å²) in [6.45, 7) is 6.50. The van der Waals surface area contributed by atoms with E-state index < -0.39 is 0 Å². The van der Waals surface area contributed by atoms with Gasteiger partial charge in [-0.15, -0.1) is 0 Å². The van der Waals surface area contributed by atoms with Gasteiger partial charge in [-0.3, -0.25) is 0 Å². The zero-order valence-corrected chi connectivity index (χ0v) is 13.3. The summed E-state index contributed by atoms with van der Waals surface area (Å²) in [5.74, 6) is -0.320. The minimum atomic E-state index is -0.320. The van der Waals surface area contributed by atoms with Crippen LogP contribution < -0.4 is 5.73 Å². The molecule has 1 aromatic carbocycles. The molecular weight excluding hydrogens is 287 g/mol. The van der Waals surface area contributed by atoms with Gasteiger partial charge in [0.15, 0.2) is 0 Å². The summed E-state index contributed by atoms with van der Waals surface area (Å²) in [6, 6.07) is 6.72. The van der Waals surface area contributed by atoms with Gasteiger partial charge in [-0.1, -0.05) is 25.4 Å². The molecule has 1 aliphatic carbocycles. The van der Waals surface area contributed by atoms with E-state index in [1.807, 2.05) is 6.92 Å². The SMILES string of the molecule is Cc1cc2c(n1-c1ccc(F)cc1Cl)CC(C)(C)CC2N. The van der Waals surface area contributed by atoms with Crippen molar-refractivity contribution in [2.24, 2.45) is 11.1 Å². The van der Waals surface area contributed by atoms with Crippen molar-refractivity contribution in [1.82, 2.24) is 4.57 Å². The van der Waals surface area contributed by atoms with Gasteiger partial charge in [0.2, 0.25) is 0 Å². The van der Waals surface area contributed by atoms with E-state index >= 15 is 0 Å². The van der Waals surface area contributed by atoms with Crippen LogP contribution >= 0.6 is 11.6 Å². The first kappa shape index (κ1) is 14.6. The molecule has 1 aliphatic rings. The normalized spacial score (nSPS) is 20.4. The lowest BCUT2D eigenvalue weighted by Gasteiger charge is -2.34. The number of rotatable bonds is 1. The van der Waals surface area contributed by atoms with Crippen LogP contribution in [0.2, 0.25) is 5.02 Å². The Bertz CT molecular complexity index is 703. The largest absolute Gasteiger partial charge is 0.324 e. The van der Waals surface area contributed by atoms with Gasteiger partial charge in [-0.05, 0) is 55.0 Å². The number of nitrogens with zero attached hydrogens (tertiary/aromatic N) is 1. The lowest BCUT2D eigenvalue weighted by atomic mass is 9.74. The second-order valence-corrected chi connectivity index (χ2v) is 7.18. The fourth-order valence-corrected chi connectivity index (χ4v) is 3.70. The van der Waals surface area contributed by atoms with E-state index in [1.165, 1.54) is 23.4 Å². The third-order valence-corrected chi connectivity index (χ3v) is 4.59. The van der Waals surface area contributed by atoms with Crippen LogP contribution in [-0.4, -0.2) is 4.57 Å². The quantitative estimate of drug-likeness (QED) is 0.823. The van der Waals surface area contributed by atoms with E-state index in [1.54, 1.807) is 6.07 Å². The molecule has 0 saturated carbocycles. The highest BCUT2D eigenvalue weighted by atomic mass is 35.5. The standard InChI is InChI=1S/C17H20ClFN2/c1-10-6-12-14(20)8-17(2,3)9-16(12)21(10)15-5-4-11(19)7-13(15)18/h4-7,14H,8-9,20H2,1-3H3. The smallest absolute Gasteiger partial charge is 0.124 e. The highest BCUT2D eigenvalue weighted by Gasteiger charge is 2.33. The molecule has 1 atom stereocenters. The molecule has 2 aromatic rings. The monoisotopic (exact) mass is 306 g/mol. The highest BCUT2D eigenvalue weighted by molar-refractivity contribution is 6.32. The first-order valence-electron chi connectivity index (χ1n) is 7.21. The molecule has 0 aliphatic heterocycles. The maximum absolute atomic E-state index is 13.3. The second-order valence-electron chi connectivity index (χ2n) is 6.77. The van der Waals surface area contributed by atoms with Crippen LogP contribution in [0.3, 0.4) is 0 Å². The minimum Gasteiger partial charge on any atom is -0.324 e. The fourth-order valence-electron chi connectivity index (χ4n) is 3.45. The van der Waals surface area contributed by atoms with E-state index in [4.69, 9.17) is 17.3 Å². The molecule has 1 unspecified atom stereocenters. The molecular formula is C17H20ClFN2.